The molecule has 0 radical (unpaired) electrons. The zero-order chi connectivity index (χ0) is 26.7. The van der Waals surface area contributed by atoms with Gasteiger partial charge in [-0.05, 0) is 60.5 Å². The fourth-order valence-electron chi connectivity index (χ4n) is 4.69. The summed E-state index contributed by atoms with van der Waals surface area (Å²) < 4.78 is 12.0. The predicted molar refractivity (Wildman–Crippen MR) is 148 cm³/mol. The van der Waals surface area contributed by atoms with Crippen molar-refractivity contribution in [3.63, 3.8) is 0 Å². The molecule has 8 nitrogen and oxygen atoms in total. The number of hydrogen-bond acceptors (Lipinski definition) is 7. The molecule has 4 aromatic rings. The van der Waals surface area contributed by atoms with Crippen molar-refractivity contribution in [1.82, 2.24) is 19.9 Å². The van der Waals surface area contributed by atoms with Gasteiger partial charge >= 0.3 is 0 Å². The van der Waals surface area contributed by atoms with Crippen LogP contribution in [0, 0.1) is 0 Å². The lowest BCUT2D eigenvalue weighted by Crippen LogP contribution is -2.51. The minimum Gasteiger partial charge on any atom is -0.457 e. The van der Waals surface area contributed by atoms with Gasteiger partial charge in [-0.15, -0.1) is 0 Å². The number of ether oxygens (including phenoxy) is 2. The van der Waals surface area contributed by atoms with Gasteiger partial charge in [0.1, 0.15) is 23.7 Å². The number of hydrogen-bond donors (Lipinski definition) is 1. The monoisotopic (exact) mass is 517 g/mol. The number of morpholine rings is 1. The number of rotatable bonds is 7. The van der Waals surface area contributed by atoms with E-state index in [1.807, 2.05) is 85.8 Å². The van der Waals surface area contributed by atoms with E-state index in [1.165, 1.54) is 0 Å². The number of benzene rings is 2. The second-order valence-electron chi connectivity index (χ2n) is 9.59. The molecule has 1 aliphatic heterocycles. The Labute approximate surface area is 226 Å². The Morgan fingerprint density at radius 3 is 2.74 bits per heavy atom. The Balaban J connectivity index is 1.24. The molecule has 8 heteroatoms. The summed E-state index contributed by atoms with van der Waals surface area (Å²) in [6, 6.07) is 23.0. The molecule has 1 aliphatic carbocycles. The molecule has 1 N–H and O–H groups in total. The maximum atomic E-state index is 12.9. The molecule has 194 valence electrons. The number of para-hydroxylation sites is 1. The number of anilines is 2. The standard InChI is InChI=1S/C31H27N5O3/c1-31-14-12-23(17-28(31)36(29(37)21-38-31)20-22-7-6-15-32-19-22)27-13-16-33-30(35-27)34-24-8-5-11-26(18-24)39-25-9-3-2-4-10-25/h2-13,15-19H,14,20-21H2,1H3,(H,33,34,35). The van der Waals surface area contributed by atoms with Gasteiger partial charge < -0.3 is 19.7 Å². The first kappa shape index (κ1) is 24.5. The van der Waals surface area contributed by atoms with Gasteiger partial charge in [-0.3, -0.25) is 9.78 Å². The van der Waals surface area contributed by atoms with Crippen molar-refractivity contribution < 1.29 is 14.3 Å². The Morgan fingerprint density at radius 2 is 1.90 bits per heavy atom. The third kappa shape index (κ3) is 5.42. The molecule has 3 heterocycles. The molecular formula is C31H27N5O3. The number of pyridine rings is 1. The summed E-state index contributed by atoms with van der Waals surface area (Å²) in [7, 11) is 0. The Morgan fingerprint density at radius 1 is 1.03 bits per heavy atom. The van der Waals surface area contributed by atoms with Crippen LogP contribution in [0.15, 0.2) is 109 Å². The first-order valence-corrected chi connectivity index (χ1v) is 12.7. The summed E-state index contributed by atoms with van der Waals surface area (Å²) in [6.07, 6.45) is 9.94. The third-order valence-electron chi connectivity index (χ3n) is 6.74. The van der Waals surface area contributed by atoms with Crippen molar-refractivity contribution in [2.75, 3.05) is 11.9 Å². The van der Waals surface area contributed by atoms with Gasteiger partial charge in [-0.25, -0.2) is 9.97 Å². The van der Waals surface area contributed by atoms with E-state index in [1.54, 1.807) is 23.5 Å². The smallest absolute Gasteiger partial charge is 0.253 e. The maximum Gasteiger partial charge on any atom is 0.253 e. The number of amides is 1. The van der Waals surface area contributed by atoms with Crippen LogP contribution in [0.4, 0.5) is 11.6 Å². The number of allylic oxidation sites excluding steroid dienone is 2. The SMILES string of the molecule is CC12CC=C(c3ccnc(Nc4cccc(Oc5ccccc5)c4)n3)C=C1N(Cc1cccnc1)C(=O)CO2. The van der Waals surface area contributed by atoms with Gasteiger partial charge in [0.2, 0.25) is 5.95 Å². The number of aromatic nitrogens is 3. The molecule has 2 aliphatic rings. The first-order valence-electron chi connectivity index (χ1n) is 12.7. The van der Waals surface area contributed by atoms with Crippen LogP contribution in [0.1, 0.15) is 24.6 Å². The Bertz CT molecular complexity index is 1560. The predicted octanol–water partition coefficient (Wildman–Crippen LogP) is 5.90. The average molecular weight is 518 g/mol. The first-order chi connectivity index (χ1) is 19.1. The van der Waals surface area contributed by atoms with E-state index in [2.05, 4.69) is 21.4 Å². The molecule has 39 heavy (non-hydrogen) atoms. The molecule has 2 aromatic heterocycles. The number of nitrogens with one attached hydrogen (secondary N) is 1. The van der Waals surface area contributed by atoms with E-state index in [0.717, 1.165) is 34.0 Å². The number of nitrogens with zero attached hydrogens (tertiary/aromatic N) is 4. The van der Waals surface area contributed by atoms with Crippen molar-refractivity contribution in [1.29, 1.82) is 0 Å². The molecule has 0 spiro atoms. The summed E-state index contributed by atoms with van der Waals surface area (Å²) in [6.45, 7) is 2.50. The maximum absolute atomic E-state index is 12.9. The summed E-state index contributed by atoms with van der Waals surface area (Å²) in [5, 5.41) is 3.28. The fraction of sp³-hybridized carbons (Fsp3) is 0.161. The minimum atomic E-state index is -0.590. The molecule has 1 amide bonds. The normalized spacial score (nSPS) is 18.6. The van der Waals surface area contributed by atoms with E-state index in [4.69, 9.17) is 14.5 Å². The van der Waals surface area contributed by atoms with E-state index in [-0.39, 0.29) is 12.5 Å². The van der Waals surface area contributed by atoms with Gasteiger partial charge in [0.25, 0.3) is 5.91 Å². The number of fused-ring (bicyclic) bond motifs is 1. The van der Waals surface area contributed by atoms with Crippen LogP contribution in [0.5, 0.6) is 11.5 Å². The molecule has 1 unspecified atom stereocenters. The van der Waals surface area contributed by atoms with Crippen molar-refractivity contribution >= 4 is 23.1 Å². The van der Waals surface area contributed by atoms with Gasteiger partial charge in [0.15, 0.2) is 0 Å². The van der Waals surface area contributed by atoms with Gasteiger partial charge in [0.05, 0.1) is 17.9 Å². The van der Waals surface area contributed by atoms with E-state index in [0.29, 0.717) is 24.7 Å². The highest BCUT2D eigenvalue weighted by molar-refractivity contribution is 5.84. The van der Waals surface area contributed by atoms with Crippen LogP contribution in [-0.4, -0.2) is 38.0 Å². The van der Waals surface area contributed by atoms with Gasteiger partial charge in [0, 0.05) is 36.8 Å². The van der Waals surface area contributed by atoms with E-state index < -0.39 is 5.60 Å². The summed E-state index contributed by atoms with van der Waals surface area (Å²) in [5.74, 6) is 1.85. The molecule has 0 saturated carbocycles. The van der Waals surface area contributed by atoms with Crippen molar-refractivity contribution in [3.8, 4) is 11.5 Å². The second kappa shape index (κ2) is 10.5. The van der Waals surface area contributed by atoms with Gasteiger partial charge in [-0.1, -0.05) is 36.4 Å². The van der Waals surface area contributed by atoms with Crippen LogP contribution in [0.2, 0.25) is 0 Å². The Hall–Kier alpha value is -4.82. The zero-order valence-corrected chi connectivity index (χ0v) is 21.4. The van der Waals surface area contributed by atoms with E-state index in [9.17, 15) is 4.79 Å². The molecule has 6 rings (SSSR count). The van der Waals surface area contributed by atoms with Crippen molar-refractivity contribution in [2.24, 2.45) is 0 Å². The molecule has 0 bridgehead atoms. The zero-order valence-electron chi connectivity index (χ0n) is 21.4. The highest BCUT2D eigenvalue weighted by atomic mass is 16.5. The van der Waals surface area contributed by atoms with E-state index >= 15 is 0 Å². The second-order valence-corrected chi connectivity index (χ2v) is 9.59. The molecular weight excluding hydrogens is 490 g/mol. The topological polar surface area (TPSA) is 89.5 Å². The fourth-order valence-corrected chi connectivity index (χ4v) is 4.69. The highest BCUT2D eigenvalue weighted by Crippen LogP contribution is 2.39. The summed E-state index contributed by atoms with van der Waals surface area (Å²) in [4.78, 5) is 28.1. The quantitative estimate of drug-likeness (QED) is 0.327. The summed E-state index contributed by atoms with van der Waals surface area (Å²) >= 11 is 0. The minimum absolute atomic E-state index is 0.0475. The largest absolute Gasteiger partial charge is 0.457 e. The van der Waals surface area contributed by atoms with Crippen LogP contribution in [0.3, 0.4) is 0 Å². The molecule has 1 fully saturated rings. The lowest BCUT2D eigenvalue weighted by Gasteiger charge is -2.44. The lowest BCUT2D eigenvalue weighted by molar-refractivity contribution is -0.152. The highest BCUT2D eigenvalue weighted by Gasteiger charge is 2.42. The van der Waals surface area contributed by atoms with Crippen LogP contribution >= 0.6 is 0 Å². The third-order valence-corrected chi connectivity index (χ3v) is 6.74. The molecule has 2 aromatic carbocycles. The average Bonchev–Trinajstić information content (AvgIpc) is 2.96. The van der Waals surface area contributed by atoms with Crippen molar-refractivity contribution in [2.45, 2.75) is 25.5 Å². The summed E-state index contributed by atoms with van der Waals surface area (Å²) in [5.41, 5.74) is 3.64. The molecule has 1 saturated heterocycles. The van der Waals surface area contributed by atoms with Crippen molar-refractivity contribution in [3.05, 3.63) is 120 Å². The number of carbonyl (C=O) groups is 1. The molecule has 1 atom stereocenters. The lowest BCUT2D eigenvalue weighted by atomic mass is 9.86. The van der Waals surface area contributed by atoms with Crippen LogP contribution in [-0.2, 0) is 16.1 Å². The van der Waals surface area contributed by atoms with Crippen LogP contribution < -0.4 is 10.1 Å². The Kier molecular flexibility index (Phi) is 6.61. The van der Waals surface area contributed by atoms with Gasteiger partial charge in [-0.2, -0.15) is 0 Å². The number of carbonyl (C=O) groups excluding carboxylic acids is 1. The van der Waals surface area contributed by atoms with Crippen LogP contribution in [0.25, 0.3) is 5.57 Å².